The van der Waals surface area contributed by atoms with Gasteiger partial charge >= 0.3 is 65.3 Å². The summed E-state index contributed by atoms with van der Waals surface area (Å²) in [5, 5.41) is 0. The van der Waals surface area contributed by atoms with Crippen molar-refractivity contribution in [2.45, 2.75) is 0 Å². The summed E-state index contributed by atoms with van der Waals surface area (Å²) in [4.78, 5) is 0. The first-order valence-corrected chi connectivity index (χ1v) is 0.595. The third kappa shape index (κ3) is 23.1. The molecule has 0 aliphatic heterocycles. The summed E-state index contributed by atoms with van der Waals surface area (Å²) in [5.74, 6) is 0. The van der Waals surface area contributed by atoms with Crippen LogP contribution in [0.1, 0.15) is 2.85 Å². The molecule has 2 radical (unpaired) electrons. The van der Waals surface area contributed by atoms with Crippen molar-refractivity contribution in [2.24, 2.45) is 0 Å². The van der Waals surface area contributed by atoms with Crippen LogP contribution in [0.4, 0.5) is 0 Å². The summed E-state index contributed by atoms with van der Waals surface area (Å²) in [6.07, 6.45) is 0. The normalized spacial score (nSPS) is 0.833. The van der Waals surface area contributed by atoms with Crippen molar-refractivity contribution in [3.63, 3.8) is 0 Å². The molecule has 6 heteroatoms. The summed E-state index contributed by atoms with van der Waals surface area (Å²) < 4.78 is 8.00. The molecule has 0 aliphatic rings. The van der Waals surface area contributed by atoms with Crippen LogP contribution in [0.2, 0.25) is 0 Å². The molecule has 0 bridgehead atoms. The Labute approximate surface area is 158 Å². The molecule has 0 rings (SSSR count). The van der Waals surface area contributed by atoms with Crippen LogP contribution >= 0.6 is 0 Å². The Morgan fingerprint density at radius 1 is 1.33 bits per heavy atom. The summed E-state index contributed by atoms with van der Waals surface area (Å²) in [7, 11) is 0. The molecule has 0 aromatic heterocycles. The van der Waals surface area contributed by atoms with Gasteiger partial charge in [0.15, 0.2) is 0 Å². The second-order valence-corrected chi connectivity index (χ2v) is 0. The van der Waals surface area contributed by atoms with Crippen molar-refractivity contribution in [1.29, 1.82) is 0 Å². The molecule has 0 amide bonds. The van der Waals surface area contributed by atoms with Gasteiger partial charge in [0.05, 0.1) is 0 Å². The van der Waals surface area contributed by atoms with E-state index in [0.717, 1.165) is 0 Å². The molecular formula is H2CeFeLaMnOSr. The van der Waals surface area contributed by atoms with E-state index >= 15 is 0 Å². The van der Waals surface area contributed by atoms with Gasteiger partial charge in [-0.2, -0.15) is 0 Å². The minimum Gasteiger partial charge on any atom is 2.00 e. The fourth-order valence-electron chi connectivity index (χ4n) is 0. The minimum absolute atomic E-state index is 0. The third-order valence-electron chi connectivity index (χ3n) is 0. The second-order valence-electron chi connectivity index (χ2n) is 0. The first-order chi connectivity index (χ1) is 1.00. The maximum Gasteiger partial charge on any atom is 2.00 e. The van der Waals surface area contributed by atoms with Gasteiger partial charge in [-0.25, -0.2) is 0 Å². The Balaban J connectivity index is -0.000000000333. The molecule has 0 saturated carbocycles. The first kappa shape index (κ1) is 30.7. The standard InChI is InChI=1S/Ce.Fe.La.Mn.O.Sr.2H/q;;;;;+2;2*-1. The zero-order valence-electron chi connectivity index (χ0n) is 4.92. The van der Waals surface area contributed by atoms with Gasteiger partial charge in [0.1, 0.15) is 0 Å². The summed E-state index contributed by atoms with van der Waals surface area (Å²) in [6.45, 7) is 0. The van der Waals surface area contributed by atoms with Gasteiger partial charge < -0.3 is 2.85 Å². The maximum atomic E-state index is 8.00. The minimum atomic E-state index is 0. The van der Waals surface area contributed by atoms with Gasteiger partial charge in [0.25, 0.3) is 0 Å². The van der Waals surface area contributed by atoms with E-state index in [1.807, 2.05) is 15.9 Å². The average molecular weight is 495 g/mol. The average Bonchev–Trinajstić information content (AvgIpc) is 1.00. The predicted octanol–water partition coefficient (Wildman–Crippen LogP) is -0.280. The molecule has 0 aliphatic carbocycles. The zero-order valence-corrected chi connectivity index (χ0v) is 15.5. The van der Waals surface area contributed by atoms with Crippen LogP contribution in [0.5, 0.6) is 0 Å². The molecule has 0 N–H and O–H groups in total. The van der Waals surface area contributed by atoms with Gasteiger partial charge in [0.2, 0.25) is 0 Å². The first-order valence-electron chi connectivity index (χ1n) is 0.144. The molecule has 0 saturated heterocycles. The van der Waals surface area contributed by atoms with Crippen molar-refractivity contribution in [3.8, 4) is 0 Å². The fourth-order valence-corrected chi connectivity index (χ4v) is 0. The second kappa shape index (κ2) is 32.7. The van der Waals surface area contributed by atoms with Crippen molar-refractivity contribution >= 4 is 45.5 Å². The van der Waals surface area contributed by atoms with Crippen molar-refractivity contribution in [2.75, 3.05) is 0 Å². The monoisotopic (exact) mass is 496 g/mol. The number of hydrogen-bond donors (Lipinski definition) is 0. The SMILES string of the molecule is [Ce].[H-].[H-].[La].[Mn].[O]=[Fe].[Sr+2]. The van der Waals surface area contributed by atoms with E-state index in [2.05, 4.69) is 0 Å². The Kier molecular flexibility index (Phi) is 167. The van der Waals surface area contributed by atoms with E-state index in [1.165, 1.54) is 0 Å². The van der Waals surface area contributed by atoms with Crippen LogP contribution in [0.15, 0.2) is 0 Å². The molecule has 1 nitrogen and oxygen atoms in total. The smallest absolute Gasteiger partial charge is 2.00 e. The molecule has 6 heavy (non-hydrogen) atoms. The molecule has 0 spiro atoms. The number of hydrogen-bond acceptors (Lipinski definition) is 1. The van der Waals surface area contributed by atoms with Crippen LogP contribution < -0.4 is 0 Å². The maximum absolute atomic E-state index is 8.00. The largest absolute Gasteiger partial charge is 2.00 e. The van der Waals surface area contributed by atoms with Gasteiger partial charge in [0, 0.05) is 94.4 Å². The van der Waals surface area contributed by atoms with Crippen LogP contribution in [-0.4, -0.2) is 45.5 Å². The van der Waals surface area contributed by atoms with E-state index in [9.17, 15) is 0 Å². The molecule has 0 aromatic carbocycles. The van der Waals surface area contributed by atoms with Crippen molar-refractivity contribution in [1.82, 2.24) is 0 Å². The molecule has 0 atom stereocenters. The van der Waals surface area contributed by atoms with E-state index in [1.54, 1.807) is 0 Å². The van der Waals surface area contributed by atoms with Gasteiger partial charge in [-0.3, -0.25) is 0 Å². The molecular weight excluding hydrogens is 493 g/mol. The van der Waals surface area contributed by atoms with E-state index in [0.29, 0.717) is 0 Å². The van der Waals surface area contributed by atoms with Gasteiger partial charge in [-0.15, -0.1) is 0 Å². The molecule has 0 fully saturated rings. The molecule has 32 valence electrons. The summed E-state index contributed by atoms with van der Waals surface area (Å²) in [6, 6.07) is 0. The van der Waals surface area contributed by atoms with E-state index < -0.39 is 0 Å². The Morgan fingerprint density at radius 3 is 1.33 bits per heavy atom. The van der Waals surface area contributed by atoms with Crippen LogP contribution in [0.3, 0.4) is 0 Å². The quantitative estimate of drug-likeness (QED) is 0.423. The zero-order chi connectivity index (χ0) is 2.00. The van der Waals surface area contributed by atoms with Gasteiger partial charge in [-0.1, -0.05) is 0 Å². The van der Waals surface area contributed by atoms with E-state index in [-0.39, 0.29) is 143 Å². The van der Waals surface area contributed by atoms with Crippen LogP contribution in [-0.2, 0) is 36.8 Å². The third-order valence-corrected chi connectivity index (χ3v) is 0. The molecule has 0 aromatic rings. The van der Waals surface area contributed by atoms with Gasteiger partial charge in [-0.05, 0) is 0 Å². The van der Waals surface area contributed by atoms with Crippen molar-refractivity contribution < 1.29 is 117 Å². The topological polar surface area (TPSA) is 17.1 Å². The summed E-state index contributed by atoms with van der Waals surface area (Å²) in [5.41, 5.74) is 0. The Morgan fingerprint density at radius 2 is 1.33 bits per heavy atom. The van der Waals surface area contributed by atoms with E-state index in [4.69, 9.17) is 3.83 Å². The predicted molar refractivity (Wildman–Crippen MR) is 8.66 cm³/mol. The fraction of sp³-hybridized carbons (Fsp3) is 0. The summed E-state index contributed by atoms with van der Waals surface area (Å²) >= 11 is 2.00. The Bertz CT molecular complexity index is 22.0. The molecule has 0 unspecified atom stereocenters. The Hall–Kier alpha value is 4.89. The number of rotatable bonds is 0. The molecule has 0 heterocycles. The van der Waals surface area contributed by atoms with Crippen LogP contribution in [0, 0.1) is 77.3 Å². The van der Waals surface area contributed by atoms with Crippen molar-refractivity contribution in [3.05, 3.63) is 0 Å². The van der Waals surface area contributed by atoms with Crippen LogP contribution in [0.25, 0.3) is 0 Å².